The molecule has 0 aliphatic carbocycles. The van der Waals surface area contributed by atoms with Crippen LogP contribution in [0.2, 0.25) is 10.0 Å². The lowest BCUT2D eigenvalue weighted by molar-refractivity contribution is -0.120. The SMILES string of the molecule is O=C1C(Nc2ccccc2)=C(c2cccs2)C(=O)N1c1ccc(Cl)c(Cl)c1. The largest absolute Gasteiger partial charge is 0.350 e. The first-order chi connectivity index (χ1) is 13.1. The zero-order valence-electron chi connectivity index (χ0n) is 13.8. The van der Waals surface area contributed by atoms with E-state index in [0.717, 1.165) is 10.6 Å². The Hall–Kier alpha value is -2.60. The highest BCUT2D eigenvalue weighted by atomic mass is 35.5. The van der Waals surface area contributed by atoms with Gasteiger partial charge in [0.05, 0.1) is 21.3 Å². The summed E-state index contributed by atoms with van der Waals surface area (Å²) in [5.74, 6) is -0.843. The molecule has 0 saturated carbocycles. The molecule has 1 N–H and O–H groups in total. The Kier molecular flexibility index (Phi) is 4.74. The second-order valence-corrected chi connectivity index (χ2v) is 7.52. The molecule has 0 spiro atoms. The zero-order chi connectivity index (χ0) is 19.0. The number of hydrogen-bond donors (Lipinski definition) is 1. The van der Waals surface area contributed by atoms with Gasteiger partial charge in [-0.25, -0.2) is 4.90 Å². The van der Waals surface area contributed by atoms with Crippen LogP contribution < -0.4 is 10.2 Å². The maximum atomic E-state index is 13.1. The molecule has 7 heteroatoms. The summed E-state index contributed by atoms with van der Waals surface area (Å²) >= 11 is 13.4. The smallest absolute Gasteiger partial charge is 0.282 e. The van der Waals surface area contributed by atoms with E-state index in [1.54, 1.807) is 12.1 Å². The third kappa shape index (κ3) is 3.25. The summed E-state index contributed by atoms with van der Waals surface area (Å²) in [6, 6.07) is 17.6. The molecule has 2 heterocycles. The van der Waals surface area contributed by atoms with Crippen LogP contribution >= 0.6 is 34.5 Å². The minimum atomic E-state index is -0.439. The van der Waals surface area contributed by atoms with Crippen LogP contribution in [-0.4, -0.2) is 11.8 Å². The molecule has 2 aromatic carbocycles. The third-order valence-electron chi connectivity index (χ3n) is 4.06. The Balaban J connectivity index is 1.80. The quantitative estimate of drug-likeness (QED) is 0.577. The van der Waals surface area contributed by atoms with Crippen LogP contribution in [0.3, 0.4) is 0 Å². The maximum absolute atomic E-state index is 13.1. The Morgan fingerprint density at radius 2 is 1.63 bits per heavy atom. The van der Waals surface area contributed by atoms with Crippen molar-refractivity contribution in [3.63, 3.8) is 0 Å². The summed E-state index contributed by atoms with van der Waals surface area (Å²) < 4.78 is 0. The standard InChI is InChI=1S/C20H12Cl2N2O2S/c21-14-9-8-13(11-15(14)22)24-19(25)17(16-7-4-10-27-16)18(20(24)26)23-12-5-2-1-3-6-12/h1-11,23H. The fourth-order valence-corrected chi connectivity index (χ4v) is 3.88. The number of halogens is 2. The fourth-order valence-electron chi connectivity index (χ4n) is 2.82. The number of carbonyl (C=O) groups excluding carboxylic acids is 2. The summed E-state index contributed by atoms with van der Waals surface area (Å²) in [5, 5.41) is 5.59. The van der Waals surface area contributed by atoms with E-state index in [1.807, 2.05) is 47.8 Å². The van der Waals surface area contributed by atoms with Gasteiger partial charge < -0.3 is 5.32 Å². The van der Waals surface area contributed by atoms with Crippen molar-refractivity contribution in [3.8, 4) is 0 Å². The van der Waals surface area contributed by atoms with E-state index in [4.69, 9.17) is 23.2 Å². The second-order valence-electron chi connectivity index (χ2n) is 5.76. The molecule has 0 saturated heterocycles. The summed E-state index contributed by atoms with van der Waals surface area (Å²) in [6.45, 7) is 0. The van der Waals surface area contributed by atoms with Crippen molar-refractivity contribution in [2.45, 2.75) is 0 Å². The third-order valence-corrected chi connectivity index (χ3v) is 5.68. The molecule has 27 heavy (non-hydrogen) atoms. The molecule has 0 fully saturated rings. The molecule has 1 aliphatic heterocycles. The van der Waals surface area contributed by atoms with Crippen LogP contribution in [0.5, 0.6) is 0 Å². The summed E-state index contributed by atoms with van der Waals surface area (Å²) in [4.78, 5) is 28.1. The lowest BCUT2D eigenvalue weighted by Gasteiger charge is -2.16. The Morgan fingerprint density at radius 3 is 2.30 bits per heavy atom. The number of nitrogens with zero attached hydrogens (tertiary/aromatic N) is 1. The van der Waals surface area contributed by atoms with Crippen molar-refractivity contribution in [2.24, 2.45) is 0 Å². The lowest BCUT2D eigenvalue weighted by atomic mass is 10.2. The average Bonchev–Trinajstić information content (AvgIpc) is 3.26. The maximum Gasteiger partial charge on any atom is 0.282 e. The van der Waals surface area contributed by atoms with Crippen molar-refractivity contribution >= 4 is 63.3 Å². The number of amides is 2. The molecule has 3 aromatic rings. The van der Waals surface area contributed by atoms with Gasteiger partial charge >= 0.3 is 0 Å². The number of thiophene rings is 1. The van der Waals surface area contributed by atoms with E-state index < -0.39 is 11.8 Å². The van der Waals surface area contributed by atoms with Gasteiger partial charge in [-0.3, -0.25) is 9.59 Å². The first-order valence-electron chi connectivity index (χ1n) is 8.00. The van der Waals surface area contributed by atoms with Gasteiger partial charge in [0.25, 0.3) is 11.8 Å². The number of anilines is 2. The number of rotatable bonds is 4. The van der Waals surface area contributed by atoms with Gasteiger partial charge in [0.1, 0.15) is 5.70 Å². The molecule has 0 atom stereocenters. The van der Waals surface area contributed by atoms with Gasteiger partial charge in [0.2, 0.25) is 0 Å². The Morgan fingerprint density at radius 1 is 0.852 bits per heavy atom. The number of imide groups is 1. The monoisotopic (exact) mass is 414 g/mol. The van der Waals surface area contributed by atoms with Crippen LogP contribution in [-0.2, 0) is 9.59 Å². The van der Waals surface area contributed by atoms with Crippen molar-refractivity contribution in [3.05, 3.63) is 86.7 Å². The molecule has 134 valence electrons. The number of para-hydroxylation sites is 1. The first-order valence-corrected chi connectivity index (χ1v) is 9.64. The summed E-state index contributed by atoms with van der Waals surface area (Å²) in [6.07, 6.45) is 0. The molecular weight excluding hydrogens is 403 g/mol. The molecule has 0 bridgehead atoms. The van der Waals surface area contributed by atoms with E-state index in [-0.39, 0.29) is 10.7 Å². The highest BCUT2D eigenvalue weighted by Crippen LogP contribution is 2.37. The van der Waals surface area contributed by atoms with Crippen molar-refractivity contribution in [1.29, 1.82) is 0 Å². The predicted octanol–water partition coefficient (Wildman–Crippen LogP) is 5.45. The van der Waals surface area contributed by atoms with E-state index in [0.29, 0.717) is 21.2 Å². The fraction of sp³-hybridized carbons (Fsp3) is 0. The molecule has 4 nitrogen and oxygen atoms in total. The highest BCUT2D eigenvalue weighted by Gasteiger charge is 2.40. The van der Waals surface area contributed by atoms with Crippen LogP contribution in [0.15, 0.2) is 71.7 Å². The molecule has 0 radical (unpaired) electrons. The van der Waals surface area contributed by atoms with Crippen molar-refractivity contribution in [2.75, 3.05) is 10.2 Å². The Labute approximate surface area is 169 Å². The predicted molar refractivity (Wildman–Crippen MR) is 110 cm³/mol. The van der Waals surface area contributed by atoms with E-state index in [9.17, 15) is 9.59 Å². The Bertz CT molecular complexity index is 1060. The minimum absolute atomic E-state index is 0.236. The zero-order valence-corrected chi connectivity index (χ0v) is 16.1. The summed E-state index contributed by atoms with van der Waals surface area (Å²) in [5.41, 5.74) is 1.67. The van der Waals surface area contributed by atoms with Gasteiger partial charge in [-0.15, -0.1) is 11.3 Å². The lowest BCUT2D eigenvalue weighted by Crippen LogP contribution is -2.32. The van der Waals surface area contributed by atoms with Gasteiger partial charge in [-0.1, -0.05) is 47.5 Å². The van der Waals surface area contributed by atoms with Crippen molar-refractivity contribution < 1.29 is 9.59 Å². The first kappa shape index (κ1) is 17.8. The minimum Gasteiger partial charge on any atom is -0.350 e. The number of nitrogens with one attached hydrogen (secondary N) is 1. The van der Waals surface area contributed by atoms with Gasteiger partial charge in [0, 0.05) is 10.6 Å². The second kappa shape index (κ2) is 7.19. The average molecular weight is 415 g/mol. The highest BCUT2D eigenvalue weighted by molar-refractivity contribution is 7.11. The van der Waals surface area contributed by atoms with Crippen LogP contribution in [0.4, 0.5) is 11.4 Å². The van der Waals surface area contributed by atoms with E-state index in [1.165, 1.54) is 17.4 Å². The van der Waals surface area contributed by atoms with Crippen LogP contribution in [0, 0.1) is 0 Å². The molecule has 2 amide bonds. The normalized spacial score (nSPS) is 14.2. The summed E-state index contributed by atoms with van der Waals surface area (Å²) in [7, 11) is 0. The molecule has 4 rings (SSSR count). The molecule has 1 aliphatic rings. The van der Waals surface area contributed by atoms with Gasteiger partial charge in [-0.05, 0) is 41.8 Å². The number of benzene rings is 2. The number of carbonyl (C=O) groups is 2. The van der Waals surface area contributed by atoms with E-state index in [2.05, 4.69) is 5.32 Å². The van der Waals surface area contributed by atoms with E-state index >= 15 is 0 Å². The van der Waals surface area contributed by atoms with Crippen molar-refractivity contribution in [1.82, 2.24) is 0 Å². The van der Waals surface area contributed by atoms with Gasteiger partial charge in [-0.2, -0.15) is 0 Å². The van der Waals surface area contributed by atoms with Gasteiger partial charge in [0.15, 0.2) is 0 Å². The molecule has 0 unspecified atom stereocenters. The number of hydrogen-bond acceptors (Lipinski definition) is 4. The van der Waals surface area contributed by atoms with Crippen LogP contribution in [0.1, 0.15) is 4.88 Å². The molecular formula is C20H12Cl2N2O2S. The van der Waals surface area contributed by atoms with Crippen LogP contribution in [0.25, 0.3) is 5.57 Å². The topological polar surface area (TPSA) is 49.4 Å². The molecule has 1 aromatic heterocycles.